The summed E-state index contributed by atoms with van der Waals surface area (Å²) in [4.78, 5) is 32.8. The van der Waals surface area contributed by atoms with Gasteiger partial charge in [0.1, 0.15) is 0 Å². The summed E-state index contributed by atoms with van der Waals surface area (Å²) in [6, 6.07) is 11.0. The van der Waals surface area contributed by atoms with E-state index in [9.17, 15) is 9.59 Å². The van der Waals surface area contributed by atoms with Gasteiger partial charge in [-0.15, -0.1) is 0 Å². The van der Waals surface area contributed by atoms with Gasteiger partial charge in [0.2, 0.25) is 0 Å². The first-order chi connectivity index (χ1) is 14.4. The Morgan fingerprint density at radius 2 is 2.07 bits per heavy atom. The zero-order valence-corrected chi connectivity index (χ0v) is 17.5. The Kier molecular flexibility index (Phi) is 5.04. The quantitative estimate of drug-likeness (QED) is 0.401. The van der Waals surface area contributed by atoms with Crippen LogP contribution < -0.4 is 5.56 Å². The van der Waals surface area contributed by atoms with Crippen LogP contribution in [0.2, 0.25) is 0 Å². The van der Waals surface area contributed by atoms with E-state index in [1.165, 1.54) is 7.11 Å². The fourth-order valence-corrected chi connectivity index (χ4v) is 3.72. The monoisotopic (exact) mass is 421 g/mol. The van der Waals surface area contributed by atoms with E-state index in [1.807, 2.05) is 38.1 Å². The van der Waals surface area contributed by atoms with Crippen molar-refractivity contribution >= 4 is 29.2 Å². The molecule has 8 nitrogen and oxygen atoms in total. The van der Waals surface area contributed by atoms with Gasteiger partial charge in [-0.2, -0.15) is 5.10 Å². The van der Waals surface area contributed by atoms with Gasteiger partial charge in [0.25, 0.3) is 5.56 Å². The van der Waals surface area contributed by atoms with Crippen LogP contribution in [0.4, 0.5) is 0 Å². The molecule has 0 atom stereocenters. The molecule has 30 heavy (non-hydrogen) atoms. The van der Waals surface area contributed by atoms with Crippen molar-refractivity contribution in [3.63, 3.8) is 0 Å². The molecule has 0 aliphatic rings. The number of ether oxygens (including phenoxy) is 1. The van der Waals surface area contributed by atoms with Gasteiger partial charge in [-0.1, -0.05) is 12.1 Å². The van der Waals surface area contributed by atoms with Crippen LogP contribution in [0, 0.1) is 11.7 Å². The van der Waals surface area contributed by atoms with Crippen LogP contribution in [0.3, 0.4) is 0 Å². The lowest BCUT2D eigenvalue weighted by Crippen LogP contribution is -2.19. The van der Waals surface area contributed by atoms with E-state index >= 15 is 0 Å². The minimum atomic E-state index is -0.635. The van der Waals surface area contributed by atoms with Gasteiger partial charge in [0.05, 0.1) is 35.1 Å². The Bertz CT molecular complexity index is 1400. The number of nitrogens with one attached hydrogen (secondary N) is 1. The van der Waals surface area contributed by atoms with Gasteiger partial charge in [0.15, 0.2) is 10.4 Å². The second-order valence-electron chi connectivity index (χ2n) is 6.71. The molecule has 3 aromatic heterocycles. The molecule has 0 aliphatic heterocycles. The number of fused-ring (bicyclic) bond motifs is 1. The molecule has 0 fully saturated rings. The number of pyridine rings is 1. The van der Waals surface area contributed by atoms with E-state index in [1.54, 1.807) is 27.6 Å². The van der Waals surface area contributed by atoms with Crippen molar-refractivity contribution in [3.8, 4) is 17.1 Å². The molecule has 9 heteroatoms. The predicted molar refractivity (Wildman–Crippen MR) is 115 cm³/mol. The average molecular weight is 421 g/mol. The first-order valence-corrected chi connectivity index (χ1v) is 9.73. The molecule has 1 N–H and O–H groups in total. The lowest BCUT2D eigenvalue weighted by molar-refractivity contribution is 0.0603. The molecule has 0 amide bonds. The van der Waals surface area contributed by atoms with Gasteiger partial charge < -0.3 is 4.74 Å². The molecular weight excluding hydrogens is 402 g/mol. The highest BCUT2D eigenvalue weighted by Gasteiger charge is 2.21. The number of aromatic nitrogens is 5. The zero-order chi connectivity index (χ0) is 21.4. The smallest absolute Gasteiger partial charge is 0.338 e. The highest BCUT2D eigenvalue weighted by atomic mass is 32.1. The van der Waals surface area contributed by atoms with Crippen molar-refractivity contribution in [1.29, 1.82) is 0 Å². The Labute approximate surface area is 176 Å². The number of benzene rings is 1. The normalized spacial score (nSPS) is 11.0. The number of methoxy groups -OCH3 is 1. The summed E-state index contributed by atoms with van der Waals surface area (Å²) in [6.45, 7) is 4.53. The highest BCUT2D eigenvalue weighted by Crippen LogP contribution is 2.25. The molecule has 4 aromatic rings. The minimum absolute atomic E-state index is 0.110. The van der Waals surface area contributed by atoms with E-state index in [-0.39, 0.29) is 21.4 Å². The number of H-pyrrole nitrogens is 1. The third-order valence-corrected chi connectivity index (χ3v) is 5.09. The predicted octanol–water partition coefficient (Wildman–Crippen LogP) is 3.42. The molecule has 0 spiro atoms. The maximum atomic E-state index is 12.8. The van der Waals surface area contributed by atoms with E-state index in [0.29, 0.717) is 17.9 Å². The van der Waals surface area contributed by atoms with Crippen LogP contribution in [0.5, 0.6) is 0 Å². The van der Waals surface area contributed by atoms with Crippen molar-refractivity contribution in [2.75, 3.05) is 7.11 Å². The zero-order valence-electron chi connectivity index (χ0n) is 16.7. The van der Waals surface area contributed by atoms with Gasteiger partial charge in [-0.3, -0.25) is 19.0 Å². The van der Waals surface area contributed by atoms with Gasteiger partial charge in [-0.25, -0.2) is 9.78 Å². The van der Waals surface area contributed by atoms with Crippen LogP contribution in [0.1, 0.15) is 22.8 Å². The molecule has 0 aliphatic carbocycles. The topological polar surface area (TPSA) is 94.8 Å². The number of carbonyl (C=O) groups excluding carboxylic acids is 1. The molecule has 3 heterocycles. The molecule has 152 valence electrons. The molecule has 4 rings (SSSR count). The second kappa shape index (κ2) is 7.68. The lowest BCUT2D eigenvalue weighted by Gasteiger charge is -2.14. The van der Waals surface area contributed by atoms with Crippen LogP contribution in [-0.4, -0.2) is 37.4 Å². The van der Waals surface area contributed by atoms with Crippen molar-refractivity contribution < 1.29 is 9.53 Å². The molecule has 0 saturated heterocycles. The lowest BCUT2D eigenvalue weighted by atomic mass is 10.1. The SMILES string of the molecule is CCn1nccc1-c1cc(C(=O)OC)c2c(=O)[nH]c(=S)n(-c3cccc(C)c3)c2n1. The summed E-state index contributed by atoms with van der Waals surface area (Å²) in [7, 11) is 1.27. The van der Waals surface area contributed by atoms with E-state index in [0.717, 1.165) is 11.3 Å². The first-order valence-electron chi connectivity index (χ1n) is 9.32. The number of rotatable bonds is 4. The minimum Gasteiger partial charge on any atom is -0.465 e. The van der Waals surface area contributed by atoms with E-state index in [2.05, 4.69) is 10.1 Å². The standard InChI is InChI=1S/C21H19N5O3S/c1-4-25-16(8-9-22-25)15-11-14(20(28)29-3)17-18(23-15)26(21(30)24-19(17)27)13-7-5-6-12(2)10-13/h5-11H,4H2,1-3H3,(H,24,27,30). The van der Waals surface area contributed by atoms with E-state index < -0.39 is 11.5 Å². The van der Waals surface area contributed by atoms with E-state index in [4.69, 9.17) is 21.9 Å². The second-order valence-corrected chi connectivity index (χ2v) is 7.10. The van der Waals surface area contributed by atoms with Gasteiger partial charge in [0, 0.05) is 12.7 Å². The first kappa shape index (κ1) is 19.7. The maximum Gasteiger partial charge on any atom is 0.338 e. The highest BCUT2D eigenvalue weighted by molar-refractivity contribution is 7.71. The maximum absolute atomic E-state index is 12.8. The van der Waals surface area contributed by atoms with Crippen LogP contribution in [-0.2, 0) is 11.3 Å². The van der Waals surface area contributed by atoms with Gasteiger partial charge in [-0.05, 0) is 55.9 Å². The number of carbonyl (C=O) groups is 1. The third kappa shape index (κ3) is 3.22. The van der Waals surface area contributed by atoms with Crippen LogP contribution in [0.25, 0.3) is 28.1 Å². The number of aryl methyl sites for hydroxylation is 2. The fraction of sp³-hybridized carbons (Fsp3) is 0.190. The average Bonchev–Trinajstić information content (AvgIpc) is 3.21. The number of aromatic amines is 1. The molecule has 0 bridgehead atoms. The number of esters is 1. The number of hydrogen-bond acceptors (Lipinski definition) is 6. The Morgan fingerprint density at radius 1 is 1.27 bits per heavy atom. The molecular formula is C21H19N5O3S. The Morgan fingerprint density at radius 3 is 2.77 bits per heavy atom. The largest absolute Gasteiger partial charge is 0.465 e. The summed E-state index contributed by atoms with van der Waals surface area (Å²) in [5.41, 5.74) is 2.83. The molecule has 1 aromatic carbocycles. The van der Waals surface area contributed by atoms with Crippen molar-refractivity contribution in [2.45, 2.75) is 20.4 Å². The third-order valence-electron chi connectivity index (χ3n) is 4.81. The number of hydrogen-bond donors (Lipinski definition) is 1. The Hall–Kier alpha value is -3.59. The summed E-state index contributed by atoms with van der Waals surface area (Å²) in [6.07, 6.45) is 1.66. The fourth-order valence-electron chi connectivity index (χ4n) is 3.44. The summed E-state index contributed by atoms with van der Waals surface area (Å²) in [5, 5.41) is 4.39. The molecule has 0 radical (unpaired) electrons. The molecule has 0 saturated carbocycles. The summed E-state index contributed by atoms with van der Waals surface area (Å²) >= 11 is 5.46. The van der Waals surface area contributed by atoms with Crippen LogP contribution >= 0.6 is 12.2 Å². The summed E-state index contributed by atoms with van der Waals surface area (Å²) in [5.74, 6) is -0.635. The van der Waals surface area contributed by atoms with Gasteiger partial charge >= 0.3 is 5.97 Å². The van der Waals surface area contributed by atoms with Crippen molar-refractivity contribution in [1.82, 2.24) is 24.3 Å². The van der Waals surface area contributed by atoms with Crippen molar-refractivity contribution in [3.05, 3.63) is 68.8 Å². The van der Waals surface area contributed by atoms with Crippen LogP contribution in [0.15, 0.2) is 47.4 Å². The summed E-state index contributed by atoms with van der Waals surface area (Å²) < 4.78 is 8.54. The number of nitrogens with zero attached hydrogens (tertiary/aromatic N) is 4. The molecule has 0 unspecified atom stereocenters. The van der Waals surface area contributed by atoms with Crippen molar-refractivity contribution in [2.24, 2.45) is 0 Å². The Balaban J connectivity index is 2.18.